The molecule has 1 aromatic heterocycles. The fraction of sp³-hybridized carbons (Fsp3) is 0.267. The molecule has 2 heterocycles. The van der Waals surface area contributed by atoms with Crippen LogP contribution in [0, 0.1) is 0 Å². The van der Waals surface area contributed by atoms with Gasteiger partial charge in [0.05, 0.1) is 11.4 Å². The van der Waals surface area contributed by atoms with Gasteiger partial charge in [-0.15, -0.1) is 0 Å². The van der Waals surface area contributed by atoms with Crippen LogP contribution < -0.4 is 5.32 Å². The number of hydrogen-bond donors (Lipinski definition) is 1. The van der Waals surface area contributed by atoms with Crippen molar-refractivity contribution in [1.82, 2.24) is 4.57 Å². The average molecular weight is 335 g/mol. The highest BCUT2D eigenvalue weighted by Crippen LogP contribution is 2.39. The number of nitrogens with zero attached hydrogens (tertiary/aromatic N) is 1. The van der Waals surface area contributed by atoms with Crippen molar-refractivity contribution in [3.8, 4) is 11.3 Å². The molecule has 0 unspecified atom stereocenters. The Morgan fingerprint density at radius 2 is 2.05 bits per heavy atom. The second-order valence-electron chi connectivity index (χ2n) is 5.41. The largest absolute Gasteiger partial charge is 0.438 e. The van der Waals surface area contributed by atoms with Crippen LogP contribution in [0.15, 0.2) is 34.9 Å². The van der Waals surface area contributed by atoms with Crippen LogP contribution in [0.25, 0.3) is 11.3 Å². The lowest BCUT2D eigenvalue weighted by Crippen LogP contribution is -2.34. The molecule has 0 fully saturated rings. The molecule has 1 aliphatic rings. The molecule has 0 bridgehead atoms. The molecule has 0 saturated heterocycles. The maximum absolute atomic E-state index is 11.5. The number of anilines is 1. The van der Waals surface area contributed by atoms with Crippen molar-refractivity contribution < 1.29 is 9.53 Å². The van der Waals surface area contributed by atoms with Gasteiger partial charge < -0.3 is 9.30 Å². The Bertz CT molecular complexity index is 684. The molecular formula is C15H15BrN2O2. The standard InChI is InChI=1S/C15H15BrN2O2/c1-15(2)10-8-9(13-11(16)6-7-18(13)3)4-5-12(10)17-14(19)20-15/h4-8H,1-3H3,(H,17,19). The van der Waals surface area contributed by atoms with Crippen molar-refractivity contribution >= 4 is 27.7 Å². The molecule has 1 aliphatic heterocycles. The van der Waals surface area contributed by atoms with Gasteiger partial charge in [-0.1, -0.05) is 6.07 Å². The Kier molecular flexibility index (Phi) is 2.90. The van der Waals surface area contributed by atoms with Crippen LogP contribution >= 0.6 is 15.9 Å². The van der Waals surface area contributed by atoms with Gasteiger partial charge in [0.15, 0.2) is 0 Å². The Morgan fingerprint density at radius 3 is 2.70 bits per heavy atom. The smallest absolute Gasteiger partial charge is 0.412 e. The van der Waals surface area contributed by atoms with Gasteiger partial charge in [-0.05, 0) is 53.5 Å². The lowest BCUT2D eigenvalue weighted by Gasteiger charge is -2.32. The van der Waals surface area contributed by atoms with Crippen molar-refractivity contribution in [1.29, 1.82) is 0 Å². The summed E-state index contributed by atoms with van der Waals surface area (Å²) >= 11 is 3.57. The summed E-state index contributed by atoms with van der Waals surface area (Å²) in [4.78, 5) is 11.5. The van der Waals surface area contributed by atoms with Crippen LogP contribution in [0.2, 0.25) is 0 Å². The van der Waals surface area contributed by atoms with Crippen molar-refractivity contribution in [2.24, 2.45) is 7.05 Å². The van der Waals surface area contributed by atoms with Gasteiger partial charge in [0.2, 0.25) is 0 Å². The number of cyclic esters (lactones) is 1. The monoisotopic (exact) mass is 334 g/mol. The van der Waals surface area contributed by atoms with E-state index in [0.717, 1.165) is 27.0 Å². The van der Waals surface area contributed by atoms with Crippen LogP contribution in [0.4, 0.5) is 10.5 Å². The number of aromatic nitrogens is 1. The van der Waals surface area contributed by atoms with Crippen LogP contribution in [-0.4, -0.2) is 10.7 Å². The van der Waals surface area contributed by atoms with E-state index in [-0.39, 0.29) is 0 Å². The Morgan fingerprint density at radius 1 is 1.30 bits per heavy atom. The van der Waals surface area contributed by atoms with Gasteiger partial charge in [0.1, 0.15) is 5.60 Å². The number of rotatable bonds is 1. The molecule has 3 rings (SSSR count). The summed E-state index contributed by atoms with van der Waals surface area (Å²) in [6.45, 7) is 3.79. The third kappa shape index (κ3) is 2.02. The quantitative estimate of drug-likeness (QED) is 0.847. The van der Waals surface area contributed by atoms with E-state index in [1.807, 2.05) is 45.3 Å². The van der Waals surface area contributed by atoms with Crippen molar-refractivity contribution in [3.05, 3.63) is 40.5 Å². The molecule has 2 aromatic rings. The number of carbonyl (C=O) groups excluding carboxylic acids is 1. The van der Waals surface area contributed by atoms with Crippen LogP contribution in [0.5, 0.6) is 0 Å². The lowest BCUT2D eigenvalue weighted by atomic mass is 9.92. The van der Waals surface area contributed by atoms with Gasteiger partial charge in [-0.2, -0.15) is 0 Å². The summed E-state index contributed by atoms with van der Waals surface area (Å²) in [7, 11) is 2.00. The van der Waals surface area contributed by atoms with Crippen LogP contribution in [-0.2, 0) is 17.4 Å². The number of halogens is 1. The van der Waals surface area contributed by atoms with E-state index in [0.29, 0.717) is 0 Å². The van der Waals surface area contributed by atoms with Crippen molar-refractivity contribution in [2.45, 2.75) is 19.4 Å². The minimum atomic E-state index is -0.634. The summed E-state index contributed by atoms with van der Waals surface area (Å²) in [5.74, 6) is 0. The van der Waals surface area contributed by atoms with Gasteiger partial charge in [0, 0.05) is 23.3 Å². The normalized spacial score (nSPS) is 16.3. The van der Waals surface area contributed by atoms with Gasteiger partial charge in [0.25, 0.3) is 0 Å². The van der Waals surface area contributed by atoms with E-state index in [1.165, 1.54) is 0 Å². The Balaban J connectivity index is 2.17. The molecule has 0 aliphatic carbocycles. The number of ether oxygens (including phenoxy) is 1. The zero-order valence-electron chi connectivity index (χ0n) is 11.5. The van der Waals surface area contributed by atoms with E-state index >= 15 is 0 Å². The van der Waals surface area contributed by atoms with Gasteiger partial charge in [-0.3, -0.25) is 5.32 Å². The summed E-state index contributed by atoms with van der Waals surface area (Å²) in [5, 5.41) is 2.74. The molecule has 4 nitrogen and oxygen atoms in total. The maximum atomic E-state index is 11.5. The van der Waals surface area contributed by atoms with E-state index in [2.05, 4.69) is 31.9 Å². The first-order valence-corrected chi connectivity index (χ1v) is 7.13. The van der Waals surface area contributed by atoms with Crippen molar-refractivity contribution in [3.63, 3.8) is 0 Å². The molecule has 0 spiro atoms. The first-order chi connectivity index (χ1) is 9.38. The Labute approximate surface area is 125 Å². The second kappa shape index (κ2) is 4.38. The molecule has 20 heavy (non-hydrogen) atoms. The third-order valence-electron chi connectivity index (χ3n) is 3.55. The van der Waals surface area contributed by atoms with E-state index in [4.69, 9.17) is 4.74 Å². The number of carbonyl (C=O) groups is 1. The summed E-state index contributed by atoms with van der Waals surface area (Å²) in [6.07, 6.45) is 1.60. The molecule has 104 valence electrons. The Hall–Kier alpha value is -1.75. The number of benzene rings is 1. The number of fused-ring (bicyclic) bond motifs is 1. The van der Waals surface area contributed by atoms with Crippen molar-refractivity contribution in [2.75, 3.05) is 5.32 Å². The molecule has 1 aromatic carbocycles. The first-order valence-electron chi connectivity index (χ1n) is 6.34. The highest BCUT2D eigenvalue weighted by Gasteiger charge is 2.33. The fourth-order valence-corrected chi connectivity index (χ4v) is 3.19. The van der Waals surface area contributed by atoms with E-state index < -0.39 is 11.7 Å². The molecule has 5 heteroatoms. The molecule has 0 atom stereocenters. The summed E-state index contributed by atoms with van der Waals surface area (Å²) < 4.78 is 8.46. The number of hydrogen-bond acceptors (Lipinski definition) is 2. The topological polar surface area (TPSA) is 43.3 Å². The molecule has 0 radical (unpaired) electrons. The maximum Gasteiger partial charge on any atom is 0.412 e. The SMILES string of the molecule is Cn1ccc(Br)c1-c1ccc2c(c1)C(C)(C)OC(=O)N2. The number of amides is 1. The number of nitrogens with one attached hydrogen (secondary N) is 1. The molecule has 0 saturated carbocycles. The highest BCUT2D eigenvalue weighted by molar-refractivity contribution is 9.10. The molecule has 1 N–H and O–H groups in total. The fourth-order valence-electron chi connectivity index (χ4n) is 2.56. The lowest BCUT2D eigenvalue weighted by molar-refractivity contribution is 0.0421. The molecular weight excluding hydrogens is 320 g/mol. The zero-order chi connectivity index (χ0) is 14.5. The van der Waals surface area contributed by atoms with E-state index in [9.17, 15) is 4.79 Å². The zero-order valence-corrected chi connectivity index (χ0v) is 13.1. The van der Waals surface area contributed by atoms with E-state index in [1.54, 1.807) is 0 Å². The number of aryl methyl sites for hydroxylation is 1. The van der Waals surface area contributed by atoms with Gasteiger partial charge in [-0.25, -0.2) is 4.79 Å². The molecule has 1 amide bonds. The average Bonchev–Trinajstić information content (AvgIpc) is 2.68. The third-order valence-corrected chi connectivity index (χ3v) is 4.19. The predicted molar refractivity (Wildman–Crippen MR) is 81.7 cm³/mol. The summed E-state index contributed by atoms with van der Waals surface area (Å²) in [5.41, 5.74) is 3.32. The van der Waals surface area contributed by atoms with Gasteiger partial charge >= 0.3 is 6.09 Å². The minimum Gasteiger partial charge on any atom is -0.438 e. The predicted octanol–water partition coefficient (Wildman–Crippen LogP) is 4.25. The minimum absolute atomic E-state index is 0.407. The highest BCUT2D eigenvalue weighted by atomic mass is 79.9. The van der Waals surface area contributed by atoms with Crippen LogP contribution in [0.1, 0.15) is 19.4 Å². The second-order valence-corrected chi connectivity index (χ2v) is 6.26. The van der Waals surface area contributed by atoms with Crippen LogP contribution in [0.3, 0.4) is 0 Å². The summed E-state index contributed by atoms with van der Waals surface area (Å²) in [6, 6.07) is 8.00. The first kappa shape index (κ1) is 13.2.